The van der Waals surface area contributed by atoms with Gasteiger partial charge in [0.05, 0.1) is 52.9 Å². The Balaban J connectivity index is 1.19. The smallest absolute Gasteiger partial charge is 0.320 e. The third-order valence-corrected chi connectivity index (χ3v) is 8.80. The van der Waals surface area contributed by atoms with E-state index >= 15 is 0 Å². The van der Waals surface area contributed by atoms with Crippen molar-refractivity contribution in [2.24, 2.45) is 5.41 Å². The Hall–Kier alpha value is -4.91. The van der Waals surface area contributed by atoms with Crippen molar-refractivity contribution in [2.45, 2.75) is 52.3 Å². The Labute approximate surface area is 293 Å². The number of fused-ring (bicyclic) bond motifs is 2. The molecule has 2 atom stereocenters. The van der Waals surface area contributed by atoms with E-state index in [1.54, 1.807) is 41.4 Å². The number of halogens is 2. The van der Waals surface area contributed by atoms with Crippen molar-refractivity contribution < 1.29 is 14.6 Å². The van der Waals surface area contributed by atoms with Crippen molar-refractivity contribution in [1.29, 1.82) is 5.41 Å². The number of aliphatic hydroxyl groups is 1. The number of anilines is 1. The molecular formula is C35H37Cl2N9O3. The van der Waals surface area contributed by atoms with Crippen LogP contribution in [0.1, 0.15) is 56.9 Å². The number of hydrogen-bond acceptors (Lipinski definition) is 8. The lowest BCUT2D eigenvalue weighted by Gasteiger charge is -2.32. The number of nitrogens with one attached hydrogen (secondary N) is 4. The van der Waals surface area contributed by atoms with Crippen LogP contribution in [-0.4, -0.2) is 47.8 Å². The Morgan fingerprint density at radius 1 is 1.04 bits per heavy atom. The number of aromatic nitrogens is 5. The summed E-state index contributed by atoms with van der Waals surface area (Å²) in [6.07, 6.45) is 7.74. The zero-order valence-corrected chi connectivity index (χ0v) is 28.8. The van der Waals surface area contributed by atoms with E-state index in [2.05, 4.69) is 31.2 Å². The lowest BCUT2D eigenvalue weighted by Crippen LogP contribution is -2.41. The maximum atomic E-state index is 13.4. The molecule has 12 nitrogen and oxygen atoms in total. The number of pyridine rings is 1. The molecule has 2 aromatic carbocycles. The third kappa shape index (κ3) is 7.72. The maximum absolute atomic E-state index is 13.4. The molecule has 3 aromatic heterocycles. The molecule has 0 saturated heterocycles. The first-order valence-electron chi connectivity index (χ1n) is 15.8. The lowest BCUT2D eigenvalue weighted by atomic mass is 9.85. The summed E-state index contributed by atoms with van der Waals surface area (Å²) in [6.45, 7) is 6.07. The first kappa shape index (κ1) is 34.0. The number of carbonyl (C=O) groups is 1. The Morgan fingerprint density at radius 3 is 2.53 bits per heavy atom. The number of benzene rings is 2. The number of allylic oxidation sites excluding steroid dienone is 1. The molecule has 1 aliphatic rings. The normalized spacial score (nSPS) is 16.2. The molecule has 1 aliphatic carbocycles. The Bertz CT molecular complexity index is 2010. The van der Waals surface area contributed by atoms with Gasteiger partial charge in [-0.1, -0.05) is 74.3 Å². The Kier molecular flexibility index (Phi) is 9.91. The summed E-state index contributed by atoms with van der Waals surface area (Å²) in [5.41, 5.74) is 3.63. The summed E-state index contributed by atoms with van der Waals surface area (Å²) >= 11 is 13.0. The van der Waals surface area contributed by atoms with Crippen LogP contribution in [0, 0.1) is 10.8 Å². The second-order valence-corrected chi connectivity index (χ2v) is 13.6. The van der Waals surface area contributed by atoms with Crippen LogP contribution in [0.3, 0.4) is 0 Å². The van der Waals surface area contributed by atoms with Gasteiger partial charge in [-0.15, -0.1) is 10.2 Å². The minimum atomic E-state index is -0.439. The minimum absolute atomic E-state index is 0.0505. The summed E-state index contributed by atoms with van der Waals surface area (Å²) in [4.78, 5) is 13.4. The number of rotatable bonds is 10. The molecule has 0 bridgehead atoms. The van der Waals surface area contributed by atoms with Crippen LogP contribution in [0.5, 0.6) is 5.75 Å². The van der Waals surface area contributed by atoms with E-state index in [0.717, 1.165) is 11.1 Å². The van der Waals surface area contributed by atoms with E-state index in [1.165, 1.54) is 0 Å². The predicted octanol–water partition coefficient (Wildman–Crippen LogP) is 7.17. The highest BCUT2D eigenvalue weighted by Gasteiger charge is 2.30. The second-order valence-electron chi connectivity index (χ2n) is 12.7. The van der Waals surface area contributed by atoms with Gasteiger partial charge in [-0.05, 0) is 48.2 Å². The molecule has 254 valence electrons. The monoisotopic (exact) mass is 701 g/mol. The van der Waals surface area contributed by atoms with Crippen molar-refractivity contribution in [3.05, 3.63) is 106 Å². The van der Waals surface area contributed by atoms with Crippen molar-refractivity contribution in [3.63, 3.8) is 0 Å². The second kappa shape index (κ2) is 14.3. The summed E-state index contributed by atoms with van der Waals surface area (Å²) in [5.74, 6) is 1.45. The van der Waals surface area contributed by atoms with Crippen LogP contribution < -0.4 is 20.7 Å². The van der Waals surface area contributed by atoms with Crippen molar-refractivity contribution in [3.8, 4) is 17.1 Å². The van der Waals surface area contributed by atoms with E-state index in [-0.39, 0.29) is 18.8 Å². The summed E-state index contributed by atoms with van der Waals surface area (Å²) in [6, 6.07) is 16.2. The molecule has 0 saturated carbocycles. The molecule has 3 heterocycles. The first-order chi connectivity index (χ1) is 23.5. The quantitative estimate of drug-likeness (QED) is 0.0968. The van der Waals surface area contributed by atoms with Crippen LogP contribution in [0.4, 0.5) is 10.5 Å². The number of nitrogens with zero attached hydrogens (tertiary/aromatic N) is 5. The van der Waals surface area contributed by atoms with Crippen molar-refractivity contribution in [1.82, 2.24) is 35.0 Å². The molecule has 0 spiro atoms. The fourth-order valence-electron chi connectivity index (χ4n) is 5.60. The molecule has 14 heteroatoms. The first-order valence-corrected chi connectivity index (χ1v) is 16.6. The number of urea groups is 1. The van der Waals surface area contributed by atoms with Gasteiger partial charge >= 0.3 is 6.03 Å². The van der Waals surface area contributed by atoms with E-state index in [4.69, 9.17) is 33.3 Å². The van der Waals surface area contributed by atoms with Crippen LogP contribution in [-0.2, 0) is 6.54 Å². The fourth-order valence-corrected chi connectivity index (χ4v) is 6.17. The highest BCUT2D eigenvalue weighted by molar-refractivity contribution is 6.39. The Morgan fingerprint density at radius 2 is 1.80 bits per heavy atom. The molecule has 1 unspecified atom stereocenters. The zero-order valence-electron chi connectivity index (χ0n) is 27.2. The zero-order chi connectivity index (χ0) is 34.7. The van der Waals surface area contributed by atoms with Crippen LogP contribution in [0.25, 0.3) is 17.0 Å². The standard InChI is InChI=1S/C35H37Cl2N9O3/c1-35(2,3)29(38)17-30(40-21-18-39-45(19-21)15-16-47)42-34(48)41-27-12-13-28(24-8-5-4-7-23(24)27)49-22-11-14-31-43-44-33(46(31)20-22)32-25(36)9-6-10-26(32)37/h4-11,14,17-20,27-28,38,40,47H,12-13,15-16H2,1-3H3,(H2,41,42,48)/b30-17+,38-29?/t27-,28?/m0/s1. The van der Waals surface area contributed by atoms with Gasteiger partial charge in [0, 0.05) is 23.4 Å². The van der Waals surface area contributed by atoms with Crippen LogP contribution in [0.15, 0.2) is 85.1 Å². The minimum Gasteiger partial charge on any atom is -0.484 e. The van der Waals surface area contributed by atoms with Gasteiger partial charge in [-0.25, -0.2) is 4.79 Å². The van der Waals surface area contributed by atoms with Crippen molar-refractivity contribution >= 4 is 46.3 Å². The van der Waals surface area contributed by atoms with Gasteiger partial charge in [-0.3, -0.25) is 14.4 Å². The molecule has 2 amide bonds. The van der Waals surface area contributed by atoms with Crippen LogP contribution in [0.2, 0.25) is 10.0 Å². The van der Waals surface area contributed by atoms with Gasteiger partial charge in [-0.2, -0.15) is 5.10 Å². The molecule has 49 heavy (non-hydrogen) atoms. The third-order valence-electron chi connectivity index (χ3n) is 8.17. The number of hydrogen-bond donors (Lipinski definition) is 5. The van der Waals surface area contributed by atoms with Gasteiger partial charge in [0.15, 0.2) is 11.5 Å². The van der Waals surface area contributed by atoms with E-state index in [9.17, 15) is 9.90 Å². The van der Waals surface area contributed by atoms with E-state index < -0.39 is 11.4 Å². The summed E-state index contributed by atoms with van der Waals surface area (Å²) in [7, 11) is 0. The van der Waals surface area contributed by atoms with Crippen molar-refractivity contribution in [2.75, 3.05) is 11.9 Å². The lowest BCUT2D eigenvalue weighted by molar-refractivity contribution is 0.171. The largest absolute Gasteiger partial charge is 0.484 e. The fraction of sp³-hybridized carbons (Fsp3) is 0.286. The van der Waals surface area contributed by atoms with Gasteiger partial charge in [0.25, 0.3) is 0 Å². The van der Waals surface area contributed by atoms with Crippen LogP contribution >= 0.6 is 23.2 Å². The maximum Gasteiger partial charge on any atom is 0.320 e. The highest BCUT2D eigenvalue weighted by Crippen LogP contribution is 2.39. The molecule has 0 fully saturated rings. The van der Waals surface area contributed by atoms with Gasteiger partial charge in [0.1, 0.15) is 17.7 Å². The SMILES string of the molecule is CC(C)(C)C(=N)/C=C(/NC(=O)N[C@H]1CCC(Oc2ccc3nnc(-c4c(Cl)cccc4Cl)n3c2)c2ccccc21)Nc1cnn(CCO)c1. The predicted molar refractivity (Wildman–Crippen MR) is 190 cm³/mol. The number of aliphatic hydroxyl groups excluding tert-OH is 1. The topological polar surface area (TPSA) is 154 Å². The summed E-state index contributed by atoms with van der Waals surface area (Å²) < 4.78 is 9.95. The number of carbonyl (C=O) groups excluding carboxylic acids is 1. The van der Waals surface area contributed by atoms with E-state index in [1.807, 2.05) is 67.8 Å². The highest BCUT2D eigenvalue weighted by atomic mass is 35.5. The molecule has 0 radical (unpaired) electrons. The van der Waals surface area contributed by atoms with E-state index in [0.29, 0.717) is 69.4 Å². The molecule has 5 N–H and O–H groups in total. The summed E-state index contributed by atoms with van der Waals surface area (Å²) in [5, 5.41) is 40.7. The average molecular weight is 703 g/mol. The average Bonchev–Trinajstić information content (AvgIpc) is 3.68. The molecular weight excluding hydrogens is 665 g/mol. The van der Waals surface area contributed by atoms with Gasteiger partial charge < -0.3 is 25.9 Å². The molecule has 6 rings (SSSR count). The number of ether oxygens (including phenoxy) is 1. The van der Waals surface area contributed by atoms with Gasteiger partial charge in [0.2, 0.25) is 0 Å². The molecule has 5 aromatic rings. The molecule has 0 aliphatic heterocycles. The number of amides is 2.